The maximum atomic E-state index is 12.6. The third-order valence-electron chi connectivity index (χ3n) is 4.32. The molecule has 0 saturated carbocycles. The minimum atomic E-state index is 0.0784. The zero-order chi connectivity index (χ0) is 15.6. The Bertz CT molecular complexity index is 654. The van der Waals surface area contributed by atoms with Gasteiger partial charge in [0.05, 0.1) is 0 Å². The van der Waals surface area contributed by atoms with E-state index in [-0.39, 0.29) is 11.2 Å². The summed E-state index contributed by atoms with van der Waals surface area (Å²) in [6.07, 6.45) is 1.07. The van der Waals surface area contributed by atoms with Gasteiger partial charge in [-0.05, 0) is 36.0 Å². The Kier molecular flexibility index (Phi) is 4.67. The van der Waals surface area contributed by atoms with Crippen LogP contribution in [0.3, 0.4) is 0 Å². The van der Waals surface area contributed by atoms with Gasteiger partial charge in [-0.1, -0.05) is 73.1 Å². The second-order valence-corrected chi connectivity index (χ2v) is 6.91. The molecule has 21 heavy (non-hydrogen) atoms. The van der Waals surface area contributed by atoms with Gasteiger partial charge in [0.15, 0.2) is 5.78 Å². The zero-order valence-corrected chi connectivity index (χ0v) is 14.6. The summed E-state index contributed by atoms with van der Waals surface area (Å²) < 4.78 is 0.970. The third-order valence-corrected chi connectivity index (χ3v) is 5.18. The van der Waals surface area contributed by atoms with E-state index in [0.717, 1.165) is 27.6 Å². The van der Waals surface area contributed by atoms with Crippen LogP contribution in [0, 0.1) is 6.92 Å². The molecule has 0 unspecified atom stereocenters. The molecule has 0 aliphatic heterocycles. The molecule has 2 aromatic carbocycles. The van der Waals surface area contributed by atoms with Gasteiger partial charge in [-0.2, -0.15) is 0 Å². The van der Waals surface area contributed by atoms with Crippen molar-refractivity contribution in [2.24, 2.45) is 0 Å². The molecule has 0 saturated heterocycles. The van der Waals surface area contributed by atoms with Crippen molar-refractivity contribution in [2.75, 3.05) is 0 Å². The van der Waals surface area contributed by atoms with E-state index >= 15 is 0 Å². The van der Waals surface area contributed by atoms with Crippen molar-refractivity contribution < 1.29 is 4.79 Å². The number of hydrogen-bond donors (Lipinski definition) is 0. The summed E-state index contributed by atoms with van der Waals surface area (Å²) in [5.74, 6) is 0.0784. The lowest BCUT2D eigenvalue weighted by molar-refractivity contribution is 0.103. The van der Waals surface area contributed by atoms with E-state index in [4.69, 9.17) is 0 Å². The Morgan fingerprint density at radius 2 is 1.71 bits per heavy atom. The predicted octanol–water partition coefficient (Wildman–Crippen LogP) is 5.68. The lowest BCUT2D eigenvalue weighted by atomic mass is 9.82. The van der Waals surface area contributed by atoms with Crippen molar-refractivity contribution in [3.05, 3.63) is 69.2 Å². The number of ketones is 1. The van der Waals surface area contributed by atoms with Crippen LogP contribution < -0.4 is 0 Å². The maximum absolute atomic E-state index is 12.6. The largest absolute Gasteiger partial charge is 0.289 e. The molecule has 2 rings (SSSR count). The number of benzene rings is 2. The molecule has 0 aromatic heterocycles. The zero-order valence-electron chi connectivity index (χ0n) is 13.0. The fourth-order valence-corrected chi connectivity index (χ4v) is 2.65. The molecule has 2 aromatic rings. The van der Waals surface area contributed by atoms with Crippen LogP contribution in [0.5, 0.6) is 0 Å². The highest BCUT2D eigenvalue weighted by Crippen LogP contribution is 2.28. The summed E-state index contributed by atoms with van der Waals surface area (Å²) in [6.45, 7) is 8.60. The molecule has 110 valence electrons. The van der Waals surface area contributed by atoms with Crippen LogP contribution in [0.2, 0.25) is 0 Å². The third kappa shape index (κ3) is 3.26. The molecular weight excluding hydrogens is 324 g/mol. The second-order valence-electron chi connectivity index (χ2n) is 6.06. The topological polar surface area (TPSA) is 17.1 Å². The van der Waals surface area contributed by atoms with Gasteiger partial charge in [0.2, 0.25) is 0 Å². The molecule has 0 aliphatic carbocycles. The Morgan fingerprint density at radius 1 is 1.10 bits per heavy atom. The van der Waals surface area contributed by atoms with Gasteiger partial charge in [0.1, 0.15) is 0 Å². The Balaban J connectivity index is 2.35. The van der Waals surface area contributed by atoms with Gasteiger partial charge in [0, 0.05) is 15.6 Å². The molecule has 0 atom stereocenters. The number of rotatable bonds is 4. The predicted molar refractivity (Wildman–Crippen MR) is 92.1 cm³/mol. The molecule has 0 fully saturated rings. The van der Waals surface area contributed by atoms with E-state index < -0.39 is 0 Å². The summed E-state index contributed by atoms with van der Waals surface area (Å²) in [7, 11) is 0. The van der Waals surface area contributed by atoms with Crippen LogP contribution in [-0.2, 0) is 5.41 Å². The standard InChI is InChI=1S/C19H21BrO/c1-5-19(3,4)15-11-9-14(10-12-15)18(21)16-7-6-8-17(20)13(16)2/h6-12H,5H2,1-4H3. The lowest BCUT2D eigenvalue weighted by Gasteiger charge is -2.23. The lowest BCUT2D eigenvalue weighted by Crippen LogP contribution is -2.15. The van der Waals surface area contributed by atoms with E-state index in [1.807, 2.05) is 37.3 Å². The number of hydrogen-bond acceptors (Lipinski definition) is 1. The van der Waals surface area contributed by atoms with E-state index in [2.05, 4.69) is 48.8 Å². The van der Waals surface area contributed by atoms with E-state index in [1.165, 1.54) is 5.56 Å². The second kappa shape index (κ2) is 6.15. The average molecular weight is 345 g/mol. The van der Waals surface area contributed by atoms with Crippen LogP contribution >= 0.6 is 15.9 Å². The highest BCUT2D eigenvalue weighted by atomic mass is 79.9. The van der Waals surface area contributed by atoms with E-state index in [1.54, 1.807) is 0 Å². The van der Waals surface area contributed by atoms with Crippen LogP contribution in [0.15, 0.2) is 46.9 Å². The molecule has 0 bridgehead atoms. The normalized spacial score (nSPS) is 11.5. The first kappa shape index (κ1) is 16.0. The molecule has 0 amide bonds. The van der Waals surface area contributed by atoms with Crippen LogP contribution in [0.1, 0.15) is 54.2 Å². The van der Waals surface area contributed by atoms with Crippen LogP contribution in [-0.4, -0.2) is 5.78 Å². The van der Waals surface area contributed by atoms with Crippen LogP contribution in [0.4, 0.5) is 0 Å². The summed E-state index contributed by atoms with van der Waals surface area (Å²) in [4.78, 5) is 12.6. The minimum absolute atomic E-state index is 0.0784. The van der Waals surface area contributed by atoms with Crippen molar-refractivity contribution in [3.63, 3.8) is 0 Å². The van der Waals surface area contributed by atoms with Crippen molar-refractivity contribution in [2.45, 2.75) is 39.5 Å². The molecule has 0 N–H and O–H groups in total. The molecule has 0 heterocycles. The van der Waals surface area contributed by atoms with E-state index in [0.29, 0.717) is 0 Å². The number of carbonyl (C=O) groups is 1. The first-order valence-corrected chi connectivity index (χ1v) is 8.06. The number of carbonyl (C=O) groups excluding carboxylic acids is 1. The van der Waals surface area contributed by atoms with Gasteiger partial charge in [0.25, 0.3) is 0 Å². The number of halogens is 1. The van der Waals surface area contributed by atoms with Gasteiger partial charge < -0.3 is 0 Å². The SMILES string of the molecule is CCC(C)(C)c1ccc(C(=O)c2cccc(Br)c2C)cc1. The minimum Gasteiger partial charge on any atom is -0.289 e. The Labute approximate surface area is 135 Å². The molecule has 0 spiro atoms. The van der Waals surface area contributed by atoms with Crippen molar-refractivity contribution in [1.82, 2.24) is 0 Å². The van der Waals surface area contributed by atoms with E-state index in [9.17, 15) is 4.79 Å². The highest BCUT2D eigenvalue weighted by molar-refractivity contribution is 9.10. The summed E-state index contributed by atoms with van der Waals surface area (Å²) in [6, 6.07) is 13.8. The van der Waals surface area contributed by atoms with Gasteiger partial charge >= 0.3 is 0 Å². The van der Waals surface area contributed by atoms with Crippen molar-refractivity contribution >= 4 is 21.7 Å². The maximum Gasteiger partial charge on any atom is 0.193 e. The highest BCUT2D eigenvalue weighted by Gasteiger charge is 2.19. The van der Waals surface area contributed by atoms with Crippen LogP contribution in [0.25, 0.3) is 0 Å². The Morgan fingerprint density at radius 3 is 2.29 bits per heavy atom. The first-order valence-electron chi connectivity index (χ1n) is 7.27. The summed E-state index contributed by atoms with van der Waals surface area (Å²) >= 11 is 3.48. The molecule has 0 aliphatic rings. The van der Waals surface area contributed by atoms with Gasteiger partial charge in [-0.25, -0.2) is 0 Å². The summed E-state index contributed by atoms with van der Waals surface area (Å²) in [5.41, 5.74) is 3.90. The first-order chi connectivity index (χ1) is 9.86. The Hall–Kier alpha value is -1.41. The van der Waals surface area contributed by atoms with Gasteiger partial charge in [-0.3, -0.25) is 4.79 Å². The average Bonchev–Trinajstić information content (AvgIpc) is 2.49. The quantitative estimate of drug-likeness (QED) is 0.652. The molecule has 0 radical (unpaired) electrons. The molecule has 2 heteroatoms. The smallest absolute Gasteiger partial charge is 0.193 e. The van der Waals surface area contributed by atoms with Crippen molar-refractivity contribution in [3.8, 4) is 0 Å². The monoisotopic (exact) mass is 344 g/mol. The molecule has 1 nitrogen and oxygen atoms in total. The molecular formula is C19H21BrO. The summed E-state index contributed by atoms with van der Waals surface area (Å²) in [5, 5.41) is 0. The fourth-order valence-electron chi connectivity index (χ4n) is 2.29. The van der Waals surface area contributed by atoms with Crippen molar-refractivity contribution in [1.29, 1.82) is 0 Å². The fraction of sp³-hybridized carbons (Fsp3) is 0.316. The van der Waals surface area contributed by atoms with Gasteiger partial charge in [-0.15, -0.1) is 0 Å².